The summed E-state index contributed by atoms with van der Waals surface area (Å²) in [7, 11) is 0. The first kappa shape index (κ1) is 13.0. The number of morpholine rings is 1. The summed E-state index contributed by atoms with van der Waals surface area (Å²) in [5.74, 6) is -1.23. The maximum absolute atomic E-state index is 11.9. The van der Waals surface area contributed by atoms with Gasteiger partial charge in [0, 0.05) is 12.7 Å². The highest BCUT2D eigenvalue weighted by Gasteiger charge is 2.42. The van der Waals surface area contributed by atoms with Crippen molar-refractivity contribution in [3.8, 4) is 0 Å². The van der Waals surface area contributed by atoms with Crippen LogP contribution in [0.25, 0.3) is 0 Å². The third-order valence-corrected chi connectivity index (χ3v) is 3.63. The Morgan fingerprint density at radius 3 is 3.06 bits per heavy atom. The molecule has 0 radical (unpaired) electrons. The van der Waals surface area contributed by atoms with E-state index in [0.29, 0.717) is 6.54 Å². The molecule has 0 saturated carbocycles. The molecule has 0 aliphatic carbocycles. The van der Waals surface area contributed by atoms with Crippen LogP contribution in [0.1, 0.15) is 24.3 Å². The van der Waals surface area contributed by atoms with Gasteiger partial charge in [0.1, 0.15) is 12.6 Å². The largest absolute Gasteiger partial charge is 0.479 e. The molecule has 1 saturated heterocycles. The number of amides is 1. The minimum atomic E-state index is -1.05. The number of carboxylic acid groups (broad SMARTS) is 1. The molecule has 1 N–H and O–H groups in total. The number of carbonyl (C=O) groups is 2. The summed E-state index contributed by atoms with van der Waals surface area (Å²) in [6, 6.07) is -0.573. The number of carbonyl (C=O) groups excluding carboxylic acids is 1. The summed E-state index contributed by atoms with van der Waals surface area (Å²) in [6.45, 7) is 2.29. The fourth-order valence-electron chi connectivity index (χ4n) is 2.04. The molecular formula is C11H14N2O4S. The smallest absolute Gasteiger partial charge is 0.335 e. The van der Waals surface area contributed by atoms with E-state index >= 15 is 0 Å². The molecule has 6 nitrogen and oxygen atoms in total. The second-order valence-electron chi connectivity index (χ2n) is 4.01. The molecule has 2 rings (SSSR count). The second kappa shape index (κ2) is 5.45. The van der Waals surface area contributed by atoms with Crippen LogP contribution in [-0.2, 0) is 14.3 Å². The summed E-state index contributed by atoms with van der Waals surface area (Å²) in [6.07, 6.45) is 1.35. The first-order valence-corrected chi connectivity index (χ1v) is 6.55. The Kier molecular flexibility index (Phi) is 3.93. The Labute approximate surface area is 108 Å². The number of hydrogen-bond donors (Lipinski definition) is 1. The van der Waals surface area contributed by atoms with Gasteiger partial charge in [-0.2, -0.15) is 0 Å². The summed E-state index contributed by atoms with van der Waals surface area (Å²) in [5, 5.41) is 9.20. The van der Waals surface area contributed by atoms with E-state index in [4.69, 9.17) is 4.74 Å². The zero-order chi connectivity index (χ0) is 13.1. The number of aromatic nitrogens is 1. The van der Waals surface area contributed by atoms with Gasteiger partial charge in [-0.25, -0.2) is 4.79 Å². The lowest BCUT2D eigenvalue weighted by Crippen LogP contribution is -2.51. The average Bonchev–Trinajstić information content (AvgIpc) is 2.84. The molecule has 1 amide bonds. The van der Waals surface area contributed by atoms with Crippen LogP contribution in [0.5, 0.6) is 0 Å². The predicted molar refractivity (Wildman–Crippen MR) is 64.2 cm³/mol. The van der Waals surface area contributed by atoms with Crippen molar-refractivity contribution < 1.29 is 19.4 Å². The van der Waals surface area contributed by atoms with Gasteiger partial charge in [-0.15, -0.1) is 11.3 Å². The van der Waals surface area contributed by atoms with Crippen molar-refractivity contribution in [2.45, 2.75) is 25.5 Å². The number of carboxylic acids is 1. The van der Waals surface area contributed by atoms with Gasteiger partial charge in [0.15, 0.2) is 6.10 Å². The van der Waals surface area contributed by atoms with E-state index in [1.807, 2.05) is 6.92 Å². The Balaban J connectivity index is 2.34. The van der Waals surface area contributed by atoms with Crippen molar-refractivity contribution in [2.24, 2.45) is 0 Å². The topological polar surface area (TPSA) is 79.7 Å². The lowest BCUT2D eigenvalue weighted by molar-refractivity contribution is -0.173. The molecule has 18 heavy (non-hydrogen) atoms. The van der Waals surface area contributed by atoms with Gasteiger partial charge < -0.3 is 14.7 Å². The maximum atomic E-state index is 11.9. The van der Waals surface area contributed by atoms with Gasteiger partial charge in [0.25, 0.3) is 0 Å². The quantitative estimate of drug-likeness (QED) is 0.879. The lowest BCUT2D eigenvalue weighted by Gasteiger charge is -2.38. The number of rotatable bonds is 4. The summed E-state index contributed by atoms with van der Waals surface area (Å²) in [5.41, 5.74) is 1.62. The van der Waals surface area contributed by atoms with E-state index in [1.54, 1.807) is 16.6 Å². The van der Waals surface area contributed by atoms with Crippen LogP contribution in [0.4, 0.5) is 0 Å². The van der Waals surface area contributed by atoms with Crippen LogP contribution in [-0.4, -0.2) is 46.1 Å². The van der Waals surface area contributed by atoms with Gasteiger partial charge in [-0.1, -0.05) is 6.92 Å². The summed E-state index contributed by atoms with van der Waals surface area (Å²) in [4.78, 5) is 29.3. The Hall–Kier alpha value is -1.47. The molecule has 1 aliphatic heterocycles. The zero-order valence-electron chi connectivity index (χ0n) is 9.91. The van der Waals surface area contributed by atoms with Gasteiger partial charge >= 0.3 is 5.97 Å². The minimum absolute atomic E-state index is 0.173. The summed E-state index contributed by atoms with van der Waals surface area (Å²) < 4.78 is 5.15. The number of ether oxygens (including phenoxy) is 1. The number of hydrogen-bond acceptors (Lipinski definition) is 5. The summed E-state index contributed by atoms with van der Waals surface area (Å²) >= 11 is 1.33. The van der Waals surface area contributed by atoms with E-state index in [9.17, 15) is 14.7 Å². The van der Waals surface area contributed by atoms with Crippen molar-refractivity contribution in [1.82, 2.24) is 9.88 Å². The van der Waals surface area contributed by atoms with E-state index in [0.717, 1.165) is 11.3 Å². The SMILES string of the molecule is CCCN1C(=O)COC(C(=O)O)C1c1cncs1. The molecule has 0 bridgehead atoms. The molecule has 0 aromatic carbocycles. The van der Waals surface area contributed by atoms with Gasteiger partial charge in [0.05, 0.1) is 10.4 Å². The van der Waals surface area contributed by atoms with Crippen LogP contribution in [0.15, 0.2) is 11.7 Å². The molecule has 7 heteroatoms. The number of nitrogens with zero attached hydrogens (tertiary/aromatic N) is 2. The molecule has 1 aromatic heterocycles. The molecule has 2 atom stereocenters. The molecule has 1 fully saturated rings. The standard InChI is InChI=1S/C11H14N2O4S/c1-2-3-13-8(14)5-17-10(11(15)16)9(13)7-4-12-6-18-7/h4,6,9-10H,2-3,5H2,1H3,(H,15,16). The highest BCUT2D eigenvalue weighted by molar-refractivity contribution is 7.09. The molecule has 98 valence electrons. The fourth-order valence-corrected chi connectivity index (χ4v) is 2.79. The van der Waals surface area contributed by atoms with Crippen LogP contribution in [0.2, 0.25) is 0 Å². The van der Waals surface area contributed by atoms with Crippen molar-refractivity contribution in [1.29, 1.82) is 0 Å². The Morgan fingerprint density at radius 2 is 2.50 bits per heavy atom. The van der Waals surface area contributed by atoms with Crippen molar-refractivity contribution >= 4 is 23.2 Å². The first-order valence-electron chi connectivity index (χ1n) is 5.67. The molecule has 2 unspecified atom stereocenters. The van der Waals surface area contributed by atoms with Gasteiger partial charge in [-0.05, 0) is 6.42 Å². The zero-order valence-corrected chi connectivity index (χ0v) is 10.7. The first-order chi connectivity index (χ1) is 8.65. The van der Waals surface area contributed by atoms with Gasteiger partial charge in [0.2, 0.25) is 5.91 Å². The van der Waals surface area contributed by atoms with Gasteiger partial charge in [-0.3, -0.25) is 9.78 Å². The van der Waals surface area contributed by atoms with Crippen LogP contribution in [0.3, 0.4) is 0 Å². The predicted octanol–water partition coefficient (Wildman–Crippen LogP) is 0.906. The normalized spacial score (nSPS) is 24.3. The fraction of sp³-hybridized carbons (Fsp3) is 0.545. The van der Waals surface area contributed by atoms with Crippen LogP contribution in [0, 0.1) is 0 Å². The van der Waals surface area contributed by atoms with E-state index < -0.39 is 18.1 Å². The van der Waals surface area contributed by atoms with Crippen LogP contribution < -0.4 is 0 Å². The molecule has 2 heterocycles. The van der Waals surface area contributed by atoms with E-state index in [-0.39, 0.29) is 12.5 Å². The monoisotopic (exact) mass is 270 g/mol. The van der Waals surface area contributed by atoms with Crippen molar-refractivity contribution in [2.75, 3.05) is 13.2 Å². The lowest BCUT2D eigenvalue weighted by atomic mass is 10.1. The Bertz CT molecular complexity index is 434. The minimum Gasteiger partial charge on any atom is -0.479 e. The molecular weight excluding hydrogens is 256 g/mol. The third kappa shape index (κ3) is 2.37. The van der Waals surface area contributed by atoms with E-state index in [1.165, 1.54) is 11.3 Å². The molecule has 0 spiro atoms. The number of thiazole rings is 1. The second-order valence-corrected chi connectivity index (χ2v) is 4.92. The van der Waals surface area contributed by atoms with Crippen LogP contribution >= 0.6 is 11.3 Å². The van der Waals surface area contributed by atoms with Crippen molar-refractivity contribution in [3.05, 3.63) is 16.6 Å². The van der Waals surface area contributed by atoms with Crippen molar-refractivity contribution in [3.63, 3.8) is 0 Å². The molecule has 1 aromatic rings. The average molecular weight is 270 g/mol. The number of aliphatic carboxylic acids is 1. The van der Waals surface area contributed by atoms with E-state index in [2.05, 4.69) is 4.98 Å². The highest BCUT2D eigenvalue weighted by atomic mass is 32.1. The highest BCUT2D eigenvalue weighted by Crippen LogP contribution is 2.32. The molecule has 1 aliphatic rings. The Morgan fingerprint density at radius 1 is 1.72 bits per heavy atom. The third-order valence-electron chi connectivity index (χ3n) is 2.78. The maximum Gasteiger partial charge on any atom is 0.335 e.